The van der Waals surface area contributed by atoms with Gasteiger partial charge in [0.15, 0.2) is 5.65 Å². The number of pyridine rings is 1. The topological polar surface area (TPSA) is 25.5 Å². The Bertz CT molecular complexity index is 714. The van der Waals surface area contributed by atoms with E-state index >= 15 is 0 Å². The van der Waals surface area contributed by atoms with E-state index in [0.717, 1.165) is 0 Å². The lowest BCUT2D eigenvalue weighted by atomic mass is 9.98. The number of nitrogens with zero attached hydrogens (tertiary/aromatic N) is 4. The lowest BCUT2D eigenvalue weighted by molar-refractivity contribution is 0.0637. The van der Waals surface area contributed by atoms with Crippen molar-refractivity contribution in [1.82, 2.24) is 19.1 Å². The van der Waals surface area contributed by atoms with Gasteiger partial charge in [-0.2, -0.15) is 0 Å². The summed E-state index contributed by atoms with van der Waals surface area (Å²) in [5.41, 5.74) is 0.656. The van der Waals surface area contributed by atoms with Crippen LogP contribution in [0.5, 0.6) is 0 Å². The molecule has 1 aliphatic heterocycles. The van der Waals surface area contributed by atoms with Gasteiger partial charge in [-0.15, -0.1) is 5.10 Å². The number of fused-ring (bicyclic) bond motifs is 1. The first-order chi connectivity index (χ1) is 9.97. The fourth-order valence-electron chi connectivity index (χ4n) is 3.05. The zero-order chi connectivity index (χ0) is 15.1. The van der Waals surface area contributed by atoms with Crippen LogP contribution in [0.15, 0.2) is 12.3 Å². The van der Waals surface area contributed by atoms with Crippen LogP contribution in [-0.2, 0) is 6.67 Å². The van der Waals surface area contributed by atoms with Gasteiger partial charge >= 0.3 is 0 Å². The van der Waals surface area contributed by atoms with Gasteiger partial charge in [-0.05, 0) is 45.0 Å². The van der Waals surface area contributed by atoms with Crippen molar-refractivity contribution in [1.29, 1.82) is 0 Å². The number of likely N-dealkylation sites (tertiary alicyclic amines) is 1. The van der Waals surface area contributed by atoms with Gasteiger partial charge in [-0.1, -0.05) is 29.6 Å². The van der Waals surface area contributed by atoms with E-state index in [0.29, 0.717) is 39.2 Å². The summed E-state index contributed by atoms with van der Waals surface area (Å²) < 4.78 is 4.24. The minimum Gasteiger partial charge on any atom is -0.279 e. The summed E-state index contributed by atoms with van der Waals surface area (Å²) in [6.07, 6.45) is 5.49. The molecule has 3 rings (SSSR count). The van der Waals surface area contributed by atoms with Crippen molar-refractivity contribution in [3.8, 4) is 0 Å². The molecule has 2 atom stereocenters. The van der Waals surface area contributed by atoms with Crippen LogP contribution < -0.4 is 0 Å². The molecule has 0 spiro atoms. The Labute approximate surface area is 139 Å². The Morgan fingerprint density at radius 1 is 1.29 bits per heavy atom. The molecule has 0 amide bonds. The minimum atomic E-state index is 0.520. The minimum absolute atomic E-state index is 0.520. The Balaban J connectivity index is 1.99. The van der Waals surface area contributed by atoms with Crippen LogP contribution in [0.1, 0.15) is 33.1 Å². The second-order valence-electron chi connectivity index (χ2n) is 5.77. The van der Waals surface area contributed by atoms with Crippen LogP contribution in [0.3, 0.4) is 0 Å². The van der Waals surface area contributed by atoms with Crippen LogP contribution >= 0.6 is 35.4 Å². The number of halogens is 2. The van der Waals surface area contributed by atoms with Gasteiger partial charge in [0, 0.05) is 18.3 Å². The van der Waals surface area contributed by atoms with E-state index in [1.165, 1.54) is 19.3 Å². The molecule has 1 aliphatic rings. The molecule has 114 valence electrons. The van der Waals surface area contributed by atoms with E-state index < -0.39 is 0 Å². The highest BCUT2D eigenvalue weighted by atomic mass is 35.5. The van der Waals surface area contributed by atoms with Crippen LogP contribution in [0, 0.1) is 4.77 Å². The summed E-state index contributed by atoms with van der Waals surface area (Å²) in [5, 5.41) is 5.64. The first-order valence-corrected chi connectivity index (χ1v) is 8.33. The molecule has 0 aromatic carbocycles. The third-order valence-corrected chi connectivity index (χ3v) is 5.17. The molecule has 7 heteroatoms. The van der Waals surface area contributed by atoms with Gasteiger partial charge < -0.3 is 0 Å². The third-order valence-electron chi connectivity index (χ3n) is 4.27. The Hall–Kier alpha value is -0.620. The van der Waals surface area contributed by atoms with Crippen LogP contribution in [0.2, 0.25) is 10.0 Å². The first kappa shape index (κ1) is 15.3. The number of hydrogen-bond acceptors (Lipinski definition) is 3. The highest BCUT2D eigenvalue weighted by Crippen LogP contribution is 2.25. The number of hydrogen-bond donors (Lipinski definition) is 0. The van der Waals surface area contributed by atoms with Gasteiger partial charge in [0.2, 0.25) is 4.77 Å². The normalized spacial score (nSPS) is 23.8. The zero-order valence-electron chi connectivity index (χ0n) is 12.1. The average Bonchev–Trinajstić information content (AvgIpc) is 2.72. The summed E-state index contributed by atoms with van der Waals surface area (Å²) in [4.78, 5) is 2.45. The summed E-state index contributed by atoms with van der Waals surface area (Å²) in [7, 11) is 0. The van der Waals surface area contributed by atoms with Crippen molar-refractivity contribution < 1.29 is 0 Å². The van der Waals surface area contributed by atoms with Crippen molar-refractivity contribution in [3.63, 3.8) is 0 Å². The SMILES string of the molecule is C[C@@H]1CCC[C@H](C)N1Cn1nc2c(Cl)cc(Cl)cn2c1=S. The molecule has 1 fully saturated rings. The fourth-order valence-corrected chi connectivity index (χ4v) is 3.79. The predicted octanol–water partition coefficient (Wildman–Crippen LogP) is 4.39. The van der Waals surface area contributed by atoms with E-state index in [1.807, 2.05) is 4.68 Å². The molecule has 0 N–H and O–H groups in total. The quantitative estimate of drug-likeness (QED) is 0.755. The molecule has 0 aliphatic carbocycles. The van der Waals surface area contributed by atoms with Gasteiger partial charge in [0.25, 0.3) is 0 Å². The monoisotopic (exact) mass is 344 g/mol. The second kappa shape index (κ2) is 5.88. The lowest BCUT2D eigenvalue weighted by Crippen LogP contribution is -2.44. The lowest BCUT2D eigenvalue weighted by Gasteiger charge is -2.38. The number of piperidine rings is 1. The maximum atomic E-state index is 6.21. The molecule has 3 heterocycles. The Kier molecular flexibility index (Phi) is 4.28. The largest absolute Gasteiger partial charge is 0.279 e. The molecule has 21 heavy (non-hydrogen) atoms. The Morgan fingerprint density at radius 2 is 1.95 bits per heavy atom. The standard InChI is InChI=1S/C14H18Cl2N4S/c1-9-4-3-5-10(2)19(9)8-20-14(21)18-7-11(15)6-12(16)13(18)17-20/h6-7,9-10H,3-5,8H2,1-2H3/t9-,10+. The average molecular weight is 345 g/mol. The van der Waals surface area contributed by atoms with Gasteiger partial charge in [0.05, 0.1) is 16.7 Å². The van der Waals surface area contributed by atoms with E-state index in [9.17, 15) is 0 Å². The molecule has 4 nitrogen and oxygen atoms in total. The summed E-state index contributed by atoms with van der Waals surface area (Å²) in [5.74, 6) is 0. The molecule has 0 saturated carbocycles. The van der Waals surface area contributed by atoms with Crippen molar-refractivity contribution in [2.24, 2.45) is 0 Å². The van der Waals surface area contributed by atoms with Crippen LogP contribution in [0.4, 0.5) is 0 Å². The van der Waals surface area contributed by atoms with Gasteiger partial charge in [-0.25, -0.2) is 4.68 Å². The van der Waals surface area contributed by atoms with Crippen molar-refractivity contribution in [2.75, 3.05) is 0 Å². The van der Waals surface area contributed by atoms with Crippen molar-refractivity contribution in [2.45, 2.75) is 51.9 Å². The number of rotatable bonds is 2. The van der Waals surface area contributed by atoms with Crippen molar-refractivity contribution >= 4 is 41.1 Å². The first-order valence-electron chi connectivity index (χ1n) is 7.17. The molecular formula is C14H18Cl2N4S. The second-order valence-corrected chi connectivity index (χ2v) is 6.98. The summed E-state index contributed by atoms with van der Waals surface area (Å²) in [6.45, 7) is 5.22. The molecule has 2 aromatic heterocycles. The van der Waals surface area contributed by atoms with E-state index in [2.05, 4.69) is 23.8 Å². The highest BCUT2D eigenvalue weighted by molar-refractivity contribution is 7.71. The maximum Gasteiger partial charge on any atom is 0.203 e. The van der Waals surface area contributed by atoms with Crippen LogP contribution in [0.25, 0.3) is 5.65 Å². The van der Waals surface area contributed by atoms with Crippen LogP contribution in [-0.4, -0.2) is 31.2 Å². The molecular weight excluding hydrogens is 327 g/mol. The Morgan fingerprint density at radius 3 is 2.62 bits per heavy atom. The third kappa shape index (κ3) is 2.84. The summed E-state index contributed by atoms with van der Waals surface area (Å²) >= 11 is 17.8. The van der Waals surface area contributed by atoms with E-state index in [-0.39, 0.29) is 0 Å². The zero-order valence-corrected chi connectivity index (χ0v) is 14.4. The smallest absolute Gasteiger partial charge is 0.203 e. The maximum absolute atomic E-state index is 6.21. The molecule has 0 unspecified atom stereocenters. The molecule has 1 saturated heterocycles. The van der Waals surface area contributed by atoms with Gasteiger partial charge in [-0.3, -0.25) is 9.30 Å². The van der Waals surface area contributed by atoms with E-state index in [1.54, 1.807) is 16.7 Å². The molecule has 0 radical (unpaired) electrons. The predicted molar refractivity (Wildman–Crippen MR) is 88.7 cm³/mol. The van der Waals surface area contributed by atoms with E-state index in [4.69, 9.17) is 35.4 Å². The molecule has 0 bridgehead atoms. The molecule has 2 aromatic rings. The van der Waals surface area contributed by atoms with Crippen molar-refractivity contribution in [3.05, 3.63) is 27.1 Å². The summed E-state index contributed by atoms with van der Waals surface area (Å²) in [6, 6.07) is 2.77. The fraction of sp³-hybridized carbons (Fsp3) is 0.571. The number of aromatic nitrogens is 3. The highest BCUT2D eigenvalue weighted by Gasteiger charge is 2.25. The van der Waals surface area contributed by atoms with Gasteiger partial charge in [0.1, 0.15) is 0 Å².